The Bertz CT molecular complexity index is 476. The van der Waals surface area contributed by atoms with E-state index >= 15 is 0 Å². The van der Waals surface area contributed by atoms with Crippen LogP contribution >= 0.6 is 11.3 Å². The fourth-order valence-electron chi connectivity index (χ4n) is 2.06. The summed E-state index contributed by atoms with van der Waals surface area (Å²) in [5.74, 6) is -0.190. The topological polar surface area (TPSA) is 72.6 Å². The molecule has 1 aromatic heterocycles. The second kappa shape index (κ2) is 8.02. The maximum atomic E-state index is 12.6. The number of nitrogens with zero attached hydrogens (tertiary/aromatic N) is 1. The summed E-state index contributed by atoms with van der Waals surface area (Å²) in [6.07, 6.45) is 1.93. The maximum absolute atomic E-state index is 12.6. The number of esters is 1. The molecule has 0 bridgehead atoms. The minimum absolute atomic E-state index is 0.0251. The van der Waals surface area contributed by atoms with Gasteiger partial charge < -0.3 is 15.4 Å². The van der Waals surface area contributed by atoms with E-state index in [0.717, 1.165) is 17.7 Å². The van der Waals surface area contributed by atoms with Gasteiger partial charge in [0.15, 0.2) is 0 Å². The molecule has 0 unspecified atom stereocenters. The first-order valence-electron chi connectivity index (χ1n) is 7.14. The van der Waals surface area contributed by atoms with Gasteiger partial charge in [-0.2, -0.15) is 0 Å². The molecule has 2 N–H and O–H groups in total. The molecule has 0 saturated heterocycles. The van der Waals surface area contributed by atoms with Gasteiger partial charge in [0.05, 0.1) is 12.0 Å². The van der Waals surface area contributed by atoms with Crippen molar-refractivity contribution in [2.24, 2.45) is 5.92 Å². The van der Waals surface area contributed by atoms with Crippen LogP contribution in [-0.4, -0.2) is 37.0 Å². The predicted octanol–water partition coefficient (Wildman–Crippen LogP) is 2.69. The summed E-state index contributed by atoms with van der Waals surface area (Å²) in [6.45, 7) is 6.58. The lowest BCUT2D eigenvalue weighted by Gasteiger charge is -2.25. The highest BCUT2D eigenvalue weighted by molar-refractivity contribution is 7.14. The van der Waals surface area contributed by atoms with Gasteiger partial charge in [-0.15, -0.1) is 11.3 Å². The molecular weight excluding hydrogens is 288 g/mol. The zero-order valence-electron chi connectivity index (χ0n) is 13.1. The zero-order chi connectivity index (χ0) is 16.0. The van der Waals surface area contributed by atoms with Crippen molar-refractivity contribution in [3.63, 3.8) is 0 Å². The molecule has 21 heavy (non-hydrogen) atoms. The fourth-order valence-corrected chi connectivity index (χ4v) is 2.96. The summed E-state index contributed by atoms with van der Waals surface area (Å²) in [7, 11) is 1.33. The molecule has 0 aliphatic rings. The quantitative estimate of drug-likeness (QED) is 0.786. The van der Waals surface area contributed by atoms with Crippen LogP contribution in [0.4, 0.5) is 5.69 Å². The molecule has 5 nitrogen and oxygen atoms in total. The normalized spacial score (nSPS) is 10.7. The molecule has 0 atom stereocenters. The third-order valence-corrected chi connectivity index (χ3v) is 4.69. The molecular formula is C15H24N2O3S. The van der Waals surface area contributed by atoms with Gasteiger partial charge in [-0.25, -0.2) is 0 Å². The monoisotopic (exact) mass is 312 g/mol. The van der Waals surface area contributed by atoms with E-state index < -0.39 is 5.97 Å². The van der Waals surface area contributed by atoms with Crippen LogP contribution in [0.2, 0.25) is 0 Å². The third kappa shape index (κ3) is 4.74. The minimum atomic E-state index is -0.407. The number of aryl methyl sites for hydroxylation is 1. The highest BCUT2D eigenvalue weighted by Crippen LogP contribution is 2.25. The summed E-state index contributed by atoms with van der Waals surface area (Å²) in [5, 5.41) is 0. The fraction of sp³-hybridized carbons (Fsp3) is 0.600. The Morgan fingerprint density at radius 1 is 1.38 bits per heavy atom. The number of carbonyl (C=O) groups excluding carboxylic acids is 2. The Labute approximate surface area is 130 Å². The standard InChI is InChI=1S/C15H24N2O3S/c1-5-11(6-2)8-17(9-14(18)20-4)15(19)13-7-12(16)10(3)21-13/h7,11H,5-6,8-9,16H2,1-4H3. The van der Waals surface area contributed by atoms with Crippen LogP contribution in [0.1, 0.15) is 41.2 Å². The number of amides is 1. The van der Waals surface area contributed by atoms with Crippen LogP contribution in [0.5, 0.6) is 0 Å². The highest BCUT2D eigenvalue weighted by Gasteiger charge is 2.23. The molecule has 0 fully saturated rings. The van der Waals surface area contributed by atoms with Gasteiger partial charge in [-0.3, -0.25) is 9.59 Å². The Balaban J connectivity index is 2.93. The van der Waals surface area contributed by atoms with Gasteiger partial charge in [0.25, 0.3) is 5.91 Å². The van der Waals surface area contributed by atoms with E-state index in [0.29, 0.717) is 23.0 Å². The van der Waals surface area contributed by atoms with E-state index in [1.54, 1.807) is 11.0 Å². The minimum Gasteiger partial charge on any atom is -0.468 e. The molecule has 6 heteroatoms. The zero-order valence-corrected chi connectivity index (χ0v) is 14.0. The first-order chi connectivity index (χ1) is 9.92. The molecule has 118 valence electrons. The number of thiophene rings is 1. The summed E-state index contributed by atoms with van der Waals surface area (Å²) in [6, 6.07) is 1.68. The van der Waals surface area contributed by atoms with Crippen molar-refractivity contribution in [1.82, 2.24) is 4.90 Å². The number of anilines is 1. The van der Waals surface area contributed by atoms with Crippen molar-refractivity contribution in [2.75, 3.05) is 25.9 Å². The van der Waals surface area contributed by atoms with Gasteiger partial charge in [-0.1, -0.05) is 26.7 Å². The largest absolute Gasteiger partial charge is 0.468 e. The molecule has 0 aliphatic carbocycles. The number of ether oxygens (including phenoxy) is 1. The van der Waals surface area contributed by atoms with Crippen molar-refractivity contribution in [1.29, 1.82) is 0 Å². The number of carbonyl (C=O) groups is 2. The number of rotatable bonds is 7. The van der Waals surface area contributed by atoms with Crippen molar-refractivity contribution >= 4 is 28.9 Å². The second-order valence-corrected chi connectivity index (χ2v) is 6.32. The Morgan fingerprint density at radius 3 is 2.43 bits per heavy atom. The lowest BCUT2D eigenvalue weighted by molar-refractivity contribution is -0.141. The van der Waals surface area contributed by atoms with Crippen LogP contribution in [-0.2, 0) is 9.53 Å². The molecule has 0 aliphatic heterocycles. The number of hydrogen-bond acceptors (Lipinski definition) is 5. The van der Waals surface area contributed by atoms with Gasteiger partial charge >= 0.3 is 5.97 Å². The molecule has 0 spiro atoms. The van der Waals surface area contributed by atoms with Crippen molar-refractivity contribution in [3.05, 3.63) is 15.8 Å². The number of methoxy groups -OCH3 is 1. The van der Waals surface area contributed by atoms with E-state index in [9.17, 15) is 9.59 Å². The summed E-state index contributed by atoms with van der Waals surface area (Å²) in [4.78, 5) is 27.2. The van der Waals surface area contributed by atoms with E-state index in [2.05, 4.69) is 13.8 Å². The number of nitrogens with two attached hydrogens (primary N) is 1. The molecule has 0 radical (unpaired) electrons. The average molecular weight is 312 g/mol. The molecule has 0 saturated carbocycles. The highest BCUT2D eigenvalue weighted by atomic mass is 32.1. The van der Waals surface area contributed by atoms with Crippen LogP contribution in [0.15, 0.2) is 6.07 Å². The van der Waals surface area contributed by atoms with E-state index in [-0.39, 0.29) is 12.5 Å². The Morgan fingerprint density at radius 2 is 2.00 bits per heavy atom. The van der Waals surface area contributed by atoms with Gasteiger partial charge in [0.2, 0.25) is 0 Å². The number of nitrogen functional groups attached to an aromatic ring is 1. The first kappa shape index (κ1) is 17.5. The molecule has 0 aromatic carbocycles. The summed E-state index contributed by atoms with van der Waals surface area (Å²) >= 11 is 1.36. The number of hydrogen-bond donors (Lipinski definition) is 1. The lowest BCUT2D eigenvalue weighted by atomic mass is 10.0. The van der Waals surface area contributed by atoms with E-state index in [1.807, 2.05) is 6.92 Å². The van der Waals surface area contributed by atoms with Gasteiger partial charge in [0, 0.05) is 17.1 Å². The van der Waals surface area contributed by atoms with Crippen LogP contribution < -0.4 is 5.73 Å². The maximum Gasteiger partial charge on any atom is 0.325 e. The van der Waals surface area contributed by atoms with Crippen LogP contribution in [0, 0.1) is 12.8 Å². The first-order valence-corrected chi connectivity index (χ1v) is 7.96. The van der Waals surface area contributed by atoms with Crippen molar-refractivity contribution in [2.45, 2.75) is 33.6 Å². The molecule has 1 rings (SSSR count). The molecule has 1 heterocycles. The SMILES string of the molecule is CCC(CC)CN(CC(=O)OC)C(=O)c1cc(N)c(C)s1. The second-order valence-electron chi connectivity index (χ2n) is 5.07. The molecule has 1 amide bonds. The van der Waals surface area contributed by atoms with Crippen molar-refractivity contribution in [3.8, 4) is 0 Å². The predicted molar refractivity (Wildman–Crippen MR) is 85.5 cm³/mol. The van der Waals surface area contributed by atoms with Crippen LogP contribution in [0.25, 0.3) is 0 Å². The Kier molecular flexibility index (Phi) is 6.68. The van der Waals surface area contributed by atoms with Crippen LogP contribution in [0.3, 0.4) is 0 Å². The van der Waals surface area contributed by atoms with Gasteiger partial charge in [-0.05, 0) is 18.9 Å². The molecule has 1 aromatic rings. The summed E-state index contributed by atoms with van der Waals surface area (Å²) < 4.78 is 4.69. The average Bonchev–Trinajstić information content (AvgIpc) is 2.81. The smallest absolute Gasteiger partial charge is 0.325 e. The van der Waals surface area contributed by atoms with Gasteiger partial charge in [0.1, 0.15) is 6.54 Å². The third-order valence-electron chi connectivity index (χ3n) is 3.64. The Hall–Kier alpha value is -1.56. The van der Waals surface area contributed by atoms with E-state index in [1.165, 1.54) is 18.4 Å². The summed E-state index contributed by atoms with van der Waals surface area (Å²) in [5.41, 5.74) is 6.42. The lowest BCUT2D eigenvalue weighted by Crippen LogP contribution is -2.39. The van der Waals surface area contributed by atoms with Crippen molar-refractivity contribution < 1.29 is 14.3 Å². The van der Waals surface area contributed by atoms with E-state index in [4.69, 9.17) is 10.5 Å².